The quantitative estimate of drug-likeness (QED) is 0.487. The van der Waals surface area contributed by atoms with Gasteiger partial charge < -0.3 is 4.74 Å². The van der Waals surface area contributed by atoms with Crippen LogP contribution < -0.4 is 10.1 Å². The fraction of sp³-hybridized carbons (Fsp3) is 0.111. The van der Waals surface area contributed by atoms with Crippen LogP contribution in [0, 0.1) is 6.92 Å². The van der Waals surface area contributed by atoms with E-state index in [-0.39, 0.29) is 5.91 Å². The molecule has 0 saturated heterocycles. The van der Waals surface area contributed by atoms with E-state index in [0.29, 0.717) is 20.8 Å². The first-order valence-corrected chi connectivity index (χ1v) is 9.52. The largest absolute Gasteiger partial charge is 0.494 e. The number of aromatic nitrogens is 1. The minimum atomic E-state index is -0.248. The predicted octanol–water partition coefficient (Wildman–Crippen LogP) is 5.73. The second kappa shape index (κ2) is 6.29. The maximum absolute atomic E-state index is 12.7. The van der Waals surface area contributed by atoms with E-state index in [1.165, 1.54) is 22.7 Å². The number of amides is 1. The van der Waals surface area contributed by atoms with E-state index in [1.807, 2.05) is 43.3 Å². The highest BCUT2D eigenvalue weighted by Gasteiger charge is 2.19. The van der Waals surface area contributed by atoms with Gasteiger partial charge in [0.1, 0.15) is 16.1 Å². The molecule has 4 aromatic rings. The Balaban J connectivity index is 1.72. The van der Waals surface area contributed by atoms with Gasteiger partial charge in [0, 0.05) is 10.1 Å². The van der Waals surface area contributed by atoms with Gasteiger partial charge in [0.05, 0.1) is 16.8 Å². The van der Waals surface area contributed by atoms with Crippen LogP contribution in [0.25, 0.3) is 20.3 Å². The highest BCUT2D eigenvalue weighted by molar-refractivity contribution is 7.23. The van der Waals surface area contributed by atoms with E-state index in [4.69, 9.17) is 16.3 Å². The number of carbonyl (C=O) groups excluding carboxylic acids is 1. The van der Waals surface area contributed by atoms with Crippen molar-refractivity contribution in [3.63, 3.8) is 0 Å². The number of aryl methyl sites for hydroxylation is 1. The van der Waals surface area contributed by atoms with Crippen molar-refractivity contribution < 1.29 is 9.53 Å². The van der Waals surface area contributed by atoms with E-state index in [2.05, 4.69) is 10.3 Å². The minimum Gasteiger partial charge on any atom is -0.494 e. The Morgan fingerprint density at radius 1 is 1.20 bits per heavy atom. The van der Waals surface area contributed by atoms with Gasteiger partial charge in [-0.3, -0.25) is 10.1 Å². The van der Waals surface area contributed by atoms with E-state index in [1.54, 1.807) is 7.11 Å². The first-order valence-electron chi connectivity index (χ1n) is 7.51. The minimum absolute atomic E-state index is 0.248. The number of halogens is 1. The van der Waals surface area contributed by atoms with E-state index in [9.17, 15) is 4.79 Å². The number of carbonyl (C=O) groups is 1. The lowest BCUT2D eigenvalue weighted by Gasteiger charge is -2.01. The van der Waals surface area contributed by atoms with Crippen molar-refractivity contribution in [3.8, 4) is 5.75 Å². The van der Waals surface area contributed by atoms with Gasteiger partial charge in [-0.25, -0.2) is 4.98 Å². The number of anilines is 1. The molecular weight excluding hydrogens is 376 g/mol. The van der Waals surface area contributed by atoms with Crippen molar-refractivity contribution in [2.45, 2.75) is 6.92 Å². The molecule has 0 aliphatic rings. The average molecular weight is 389 g/mol. The molecule has 0 bridgehead atoms. The van der Waals surface area contributed by atoms with Crippen molar-refractivity contribution in [2.24, 2.45) is 0 Å². The second-order valence-corrected chi connectivity index (χ2v) is 7.91. The number of methoxy groups -OCH3 is 1. The van der Waals surface area contributed by atoms with Crippen molar-refractivity contribution in [1.29, 1.82) is 0 Å². The molecule has 2 aromatic carbocycles. The third-order valence-corrected chi connectivity index (χ3v) is 6.67. The van der Waals surface area contributed by atoms with Crippen LogP contribution in [0.1, 0.15) is 15.2 Å². The molecule has 2 heterocycles. The molecule has 0 fully saturated rings. The number of ether oxygens (including phenoxy) is 1. The Bertz CT molecular complexity index is 1120. The standard InChI is InChI=1S/C18H13ClN2O2S2/c1-9-7-8-11(23-2)14-15(9)25-18(20-14)21-17(22)16-13(19)10-5-3-4-6-12(10)24-16/h3-8H,1-2H3,(H,20,21,22). The third kappa shape index (κ3) is 2.76. The third-order valence-electron chi connectivity index (χ3n) is 3.88. The molecule has 1 amide bonds. The summed E-state index contributed by atoms with van der Waals surface area (Å²) in [5, 5.41) is 4.77. The fourth-order valence-corrected chi connectivity index (χ4v) is 5.00. The first-order chi connectivity index (χ1) is 12.1. The molecule has 0 aliphatic carbocycles. The summed E-state index contributed by atoms with van der Waals surface area (Å²) in [6.45, 7) is 2.01. The molecule has 0 aliphatic heterocycles. The van der Waals surface area contributed by atoms with Crippen molar-refractivity contribution in [1.82, 2.24) is 4.98 Å². The molecule has 1 N–H and O–H groups in total. The molecule has 25 heavy (non-hydrogen) atoms. The maximum Gasteiger partial charge on any atom is 0.269 e. The number of thiazole rings is 1. The normalized spacial score (nSPS) is 11.2. The lowest BCUT2D eigenvalue weighted by Crippen LogP contribution is -2.10. The zero-order valence-electron chi connectivity index (χ0n) is 13.4. The zero-order chi connectivity index (χ0) is 17.6. The predicted molar refractivity (Wildman–Crippen MR) is 106 cm³/mol. The first kappa shape index (κ1) is 16.3. The van der Waals surface area contributed by atoms with E-state index < -0.39 is 0 Å². The monoisotopic (exact) mass is 388 g/mol. The number of nitrogens with zero attached hydrogens (tertiary/aromatic N) is 1. The van der Waals surface area contributed by atoms with Crippen LogP contribution in [0.15, 0.2) is 36.4 Å². The lowest BCUT2D eigenvalue weighted by molar-refractivity contribution is 0.103. The van der Waals surface area contributed by atoms with Crippen molar-refractivity contribution in [3.05, 3.63) is 51.9 Å². The summed E-state index contributed by atoms with van der Waals surface area (Å²) in [7, 11) is 1.61. The summed E-state index contributed by atoms with van der Waals surface area (Å²) in [4.78, 5) is 17.7. The van der Waals surface area contributed by atoms with Crippen LogP contribution in [0.4, 0.5) is 5.13 Å². The zero-order valence-corrected chi connectivity index (χ0v) is 15.8. The van der Waals surface area contributed by atoms with Crippen LogP contribution in [-0.4, -0.2) is 18.0 Å². The van der Waals surface area contributed by atoms with Gasteiger partial charge in [0.25, 0.3) is 5.91 Å². The van der Waals surface area contributed by atoms with Gasteiger partial charge in [-0.15, -0.1) is 11.3 Å². The summed E-state index contributed by atoms with van der Waals surface area (Å²) in [5.41, 5.74) is 1.85. The van der Waals surface area contributed by atoms with E-state index in [0.717, 1.165) is 25.9 Å². The van der Waals surface area contributed by atoms with Gasteiger partial charge in [0.2, 0.25) is 0 Å². The Kier molecular flexibility index (Phi) is 4.11. The van der Waals surface area contributed by atoms with Crippen LogP contribution in [0.3, 0.4) is 0 Å². The molecule has 0 atom stereocenters. The summed E-state index contributed by atoms with van der Waals surface area (Å²) in [6.07, 6.45) is 0. The van der Waals surface area contributed by atoms with Crippen LogP contribution >= 0.6 is 34.3 Å². The molecule has 4 nitrogen and oxygen atoms in total. The van der Waals surface area contributed by atoms with Gasteiger partial charge in [0.15, 0.2) is 5.13 Å². The fourth-order valence-electron chi connectivity index (χ4n) is 2.64. The number of hydrogen-bond acceptors (Lipinski definition) is 5. The average Bonchev–Trinajstić information content (AvgIpc) is 3.18. The molecule has 0 saturated carbocycles. The van der Waals surface area contributed by atoms with Crippen LogP contribution in [0.5, 0.6) is 5.75 Å². The van der Waals surface area contributed by atoms with Crippen molar-refractivity contribution in [2.75, 3.05) is 12.4 Å². The summed E-state index contributed by atoms with van der Waals surface area (Å²) in [5.74, 6) is 0.444. The number of hydrogen-bond donors (Lipinski definition) is 1. The molecule has 0 spiro atoms. The molecule has 4 rings (SSSR count). The Labute approximate surface area is 157 Å². The Hall–Kier alpha value is -2.15. The molecule has 0 unspecified atom stereocenters. The molecular formula is C18H13ClN2O2S2. The smallest absolute Gasteiger partial charge is 0.269 e. The van der Waals surface area contributed by atoms with Gasteiger partial charge in [-0.2, -0.15) is 0 Å². The summed E-state index contributed by atoms with van der Waals surface area (Å²) < 4.78 is 7.34. The van der Waals surface area contributed by atoms with Crippen LogP contribution in [0.2, 0.25) is 5.02 Å². The highest BCUT2D eigenvalue weighted by atomic mass is 35.5. The number of rotatable bonds is 3. The SMILES string of the molecule is COc1ccc(C)c2sc(NC(=O)c3sc4ccccc4c3Cl)nc12. The summed E-state index contributed by atoms with van der Waals surface area (Å²) >= 11 is 9.19. The number of nitrogens with one attached hydrogen (secondary N) is 1. The number of benzene rings is 2. The Morgan fingerprint density at radius 2 is 2.00 bits per heavy atom. The molecule has 0 radical (unpaired) electrons. The van der Waals surface area contributed by atoms with E-state index >= 15 is 0 Å². The number of fused-ring (bicyclic) bond motifs is 2. The molecule has 2 aromatic heterocycles. The van der Waals surface area contributed by atoms with Gasteiger partial charge in [-0.1, -0.05) is 47.2 Å². The molecule has 7 heteroatoms. The topological polar surface area (TPSA) is 51.2 Å². The lowest BCUT2D eigenvalue weighted by atomic mass is 10.2. The van der Waals surface area contributed by atoms with Crippen LogP contribution in [-0.2, 0) is 0 Å². The van der Waals surface area contributed by atoms with Gasteiger partial charge in [-0.05, 0) is 24.6 Å². The summed E-state index contributed by atoms with van der Waals surface area (Å²) in [6, 6.07) is 11.6. The Morgan fingerprint density at radius 3 is 2.76 bits per heavy atom. The second-order valence-electron chi connectivity index (χ2n) is 5.48. The molecule has 126 valence electrons. The highest BCUT2D eigenvalue weighted by Crippen LogP contribution is 2.37. The van der Waals surface area contributed by atoms with Gasteiger partial charge >= 0.3 is 0 Å². The van der Waals surface area contributed by atoms with Crippen molar-refractivity contribution >= 4 is 65.6 Å². The number of thiophene rings is 1. The maximum atomic E-state index is 12.7.